The summed E-state index contributed by atoms with van der Waals surface area (Å²) in [5.41, 5.74) is 0.719. The number of amides is 1. The average molecular weight is 480 g/mol. The lowest BCUT2D eigenvalue weighted by atomic mass is 10.0. The summed E-state index contributed by atoms with van der Waals surface area (Å²) >= 11 is 0. The van der Waals surface area contributed by atoms with Gasteiger partial charge in [0.15, 0.2) is 11.5 Å². The third-order valence-corrected chi connectivity index (χ3v) is 6.21. The Bertz CT molecular complexity index is 727. The number of hydrogen-bond acceptors (Lipinski definition) is 7. The molecule has 1 aromatic carbocycles. The summed E-state index contributed by atoms with van der Waals surface area (Å²) in [7, 11) is 6.12. The van der Waals surface area contributed by atoms with Crippen LogP contribution < -0.4 is 14.2 Å². The molecule has 0 spiro atoms. The van der Waals surface area contributed by atoms with Gasteiger partial charge in [-0.05, 0) is 37.0 Å². The molecule has 1 atom stereocenters. The molecule has 8 heteroatoms. The monoisotopic (exact) mass is 479 g/mol. The smallest absolute Gasteiger partial charge is 0.328 e. The molecule has 2 aliphatic rings. The van der Waals surface area contributed by atoms with Crippen LogP contribution in [0.15, 0.2) is 12.1 Å². The maximum absolute atomic E-state index is 12.9. The fourth-order valence-electron chi connectivity index (χ4n) is 4.37. The van der Waals surface area contributed by atoms with Gasteiger partial charge in [0, 0.05) is 13.7 Å². The van der Waals surface area contributed by atoms with Gasteiger partial charge < -0.3 is 28.6 Å². The number of benzene rings is 1. The zero-order valence-electron chi connectivity index (χ0n) is 21.2. The Morgan fingerprint density at radius 1 is 0.824 bits per heavy atom. The van der Waals surface area contributed by atoms with E-state index in [9.17, 15) is 9.59 Å². The van der Waals surface area contributed by atoms with Crippen molar-refractivity contribution in [2.24, 2.45) is 0 Å². The minimum Gasteiger partial charge on any atom is -0.493 e. The number of esters is 1. The van der Waals surface area contributed by atoms with Crippen LogP contribution in [0.2, 0.25) is 0 Å². The predicted octanol–water partition coefficient (Wildman–Crippen LogP) is 4.17. The predicted molar refractivity (Wildman–Crippen MR) is 130 cm³/mol. The summed E-state index contributed by atoms with van der Waals surface area (Å²) in [4.78, 5) is 27.0. The van der Waals surface area contributed by atoms with Crippen molar-refractivity contribution in [3.8, 4) is 17.2 Å². The van der Waals surface area contributed by atoms with Gasteiger partial charge in [-0.25, -0.2) is 4.79 Å². The number of piperidine rings is 1. The lowest BCUT2D eigenvalue weighted by molar-refractivity contribution is -0.157. The van der Waals surface area contributed by atoms with Crippen LogP contribution in [-0.2, 0) is 25.5 Å². The van der Waals surface area contributed by atoms with Crippen LogP contribution in [0.3, 0.4) is 0 Å². The van der Waals surface area contributed by atoms with Gasteiger partial charge in [0.1, 0.15) is 12.6 Å². The van der Waals surface area contributed by atoms with Gasteiger partial charge in [0.2, 0.25) is 11.7 Å². The number of hydrogen-bond donors (Lipinski definition) is 0. The number of carbonyl (C=O) groups is 2. The van der Waals surface area contributed by atoms with Gasteiger partial charge in [0.25, 0.3) is 0 Å². The summed E-state index contributed by atoms with van der Waals surface area (Å²) in [6.45, 7) is 1.05. The molecule has 1 unspecified atom stereocenters. The normalized spacial score (nSPS) is 17.8. The van der Waals surface area contributed by atoms with E-state index in [0.29, 0.717) is 36.8 Å². The molecule has 1 aliphatic carbocycles. The lowest BCUT2D eigenvalue weighted by Gasteiger charge is -2.34. The highest BCUT2D eigenvalue weighted by Gasteiger charge is 2.33. The molecule has 1 amide bonds. The third-order valence-electron chi connectivity index (χ3n) is 6.21. The number of carbonyl (C=O) groups excluding carboxylic acids is 2. The van der Waals surface area contributed by atoms with Gasteiger partial charge in [-0.15, -0.1) is 0 Å². The van der Waals surface area contributed by atoms with E-state index >= 15 is 0 Å². The maximum Gasteiger partial charge on any atom is 0.328 e. The fourth-order valence-corrected chi connectivity index (χ4v) is 4.37. The Balaban J connectivity index is 0.000000589. The second-order valence-corrected chi connectivity index (χ2v) is 8.59. The number of nitrogens with zero attached hydrogens (tertiary/aromatic N) is 1. The van der Waals surface area contributed by atoms with Crippen molar-refractivity contribution in [1.82, 2.24) is 4.90 Å². The van der Waals surface area contributed by atoms with Gasteiger partial charge in [-0.1, -0.05) is 38.5 Å². The topological polar surface area (TPSA) is 83.5 Å². The van der Waals surface area contributed by atoms with Gasteiger partial charge >= 0.3 is 5.97 Å². The van der Waals surface area contributed by atoms with Crippen molar-refractivity contribution in [1.29, 1.82) is 0 Å². The minimum absolute atomic E-state index is 0.124. The first-order valence-corrected chi connectivity index (χ1v) is 12.3. The molecule has 1 aromatic rings. The Morgan fingerprint density at radius 2 is 1.41 bits per heavy atom. The zero-order valence-corrected chi connectivity index (χ0v) is 21.2. The Kier molecular flexibility index (Phi) is 12.6. The average Bonchev–Trinajstić information content (AvgIpc) is 2.89. The zero-order chi connectivity index (χ0) is 24.8. The highest BCUT2D eigenvalue weighted by molar-refractivity contribution is 5.86. The van der Waals surface area contributed by atoms with Crippen LogP contribution in [0, 0.1) is 0 Å². The molecular weight excluding hydrogens is 438 g/mol. The first-order chi connectivity index (χ1) is 16.5. The molecule has 8 nitrogen and oxygen atoms in total. The first-order valence-electron chi connectivity index (χ1n) is 12.3. The summed E-state index contributed by atoms with van der Waals surface area (Å²) in [5, 5.41) is 0. The highest BCUT2D eigenvalue weighted by atomic mass is 16.6. The molecule has 1 heterocycles. The van der Waals surface area contributed by atoms with Crippen LogP contribution in [0.25, 0.3) is 0 Å². The molecule has 0 aromatic heterocycles. The minimum atomic E-state index is -0.555. The number of likely N-dealkylation sites (tertiary alicyclic amines) is 1. The molecule has 1 aliphatic heterocycles. The van der Waals surface area contributed by atoms with Crippen molar-refractivity contribution < 1.29 is 33.3 Å². The van der Waals surface area contributed by atoms with Crippen molar-refractivity contribution in [2.75, 3.05) is 48.2 Å². The molecular formula is C26H41NO7. The van der Waals surface area contributed by atoms with E-state index in [2.05, 4.69) is 0 Å². The van der Waals surface area contributed by atoms with E-state index in [0.717, 1.165) is 18.4 Å². The molecule has 0 N–H and O–H groups in total. The Hall–Kier alpha value is -2.48. The molecule has 192 valence electrons. The second kappa shape index (κ2) is 15.4. The quantitative estimate of drug-likeness (QED) is 0.388. The van der Waals surface area contributed by atoms with E-state index in [-0.39, 0.29) is 24.9 Å². The fraction of sp³-hybridized carbons (Fsp3) is 0.692. The van der Waals surface area contributed by atoms with E-state index in [1.807, 2.05) is 0 Å². The molecule has 1 saturated carbocycles. The number of ether oxygens (including phenoxy) is 5. The summed E-state index contributed by atoms with van der Waals surface area (Å²) in [6.07, 6.45) is 11.5. The van der Waals surface area contributed by atoms with Crippen molar-refractivity contribution >= 4 is 11.9 Å². The Labute approximate surface area is 203 Å². The number of rotatable bonds is 9. The van der Waals surface area contributed by atoms with Crippen molar-refractivity contribution in [2.45, 2.75) is 70.3 Å². The molecule has 34 heavy (non-hydrogen) atoms. The van der Waals surface area contributed by atoms with Crippen LogP contribution in [0.5, 0.6) is 17.2 Å². The largest absolute Gasteiger partial charge is 0.493 e. The second-order valence-electron chi connectivity index (χ2n) is 8.59. The summed E-state index contributed by atoms with van der Waals surface area (Å²) in [6, 6.07) is 2.93. The molecule has 0 radical (unpaired) electrons. The van der Waals surface area contributed by atoms with E-state index in [4.69, 9.17) is 23.7 Å². The van der Waals surface area contributed by atoms with Gasteiger partial charge in [0.05, 0.1) is 34.4 Å². The van der Waals surface area contributed by atoms with E-state index in [1.165, 1.54) is 59.9 Å². The molecule has 3 rings (SSSR count). The number of methoxy groups -OCH3 is 4. The molecule has 0 bridgehead atoms. The highest BCUT2D eigenvalue weighted by Crippen LogP contribution is 2.38. The Morgan fingerprint density at radius 3 is 1.91 bits per heavy atom. The summed E-state index contributed by atoms with van der Waals surface area (Å²) < 4.78 is 26.1. The van der Waals surface area contributed by atoms with E-state index in [1.54, 1.807) is 24.1 Å². The van der Waals surface area contributed by atoms with Crippen molar-refractivity contribution in [3.63, 3.8) is 0 Å². The third kappa shape index (κ3) is 8.38. The van der Waals surface area contributed by atoms with Crippen LogP contribution >= 0.6 is 0 Å². The maximum atomic E-state index is 12.9. The standard InChI is InChI=1S/C20H29NO7.C6H12/c1-24-9-10-28-20(23)15-7-5-6-8-21(15)18(22)13-14-11-16(25-2)19(27-4)17(12-14)26-3;1-2-4-6-5-3-1/h11-12,15H,5-10,13H2,1-4H3;1-6H2. The summed E-state index contributed by atoms with van der Waals surface area (Å²) in [5.74, 6) is 0.925. The van der Waals surface area contributed by atoms with Crippen LogP contribution in [0.4, 0.5) is 0 Å². The van der Waals surface area contributed by atoms with E-state index < -0.39 is 6.04 Å². The van der Waals surface area contributed by atoms with Crippen LogP contribution in [-0.4, -0.2) is 71.0 Å². The van der Waals surface area contributed by atoms with Crippen molar-refractivity contribution in [3.05, 3.63) is 17.7 Å². The molecule has 2 fully saturated rings. The van der Waals surface area contributed by atoms with Gasteiger partial charge in [-0.2, -0.15) is 0 Å². The first kappa shape index (κ1) is 27.8. The van der Waals surface area contributed by atoms with Gasteiger partial charge in [-0.3, -0.25) is 4.79 Å². The van der Waals surface area contributed by atoms with Crippen LogP contribution in [0.1, 0.15) is 63.4 Å². The lowest BCUT2D eigenvalue weighted by Crippen LogP contribution is -2.49. The SMILES string of the molecule is C1CCCCC1.COCCOC(=O)C1CCCCN1C(=O)Cc1cc(OC)c(OC)c(OC)c1. The molecule has 1 saturated heterocycles.